The van der Waals surface area contributed by atoms with Crippen molar-refractivity contribution in [2.45, 2.75) is 49.9 Å². The second-order valence-corrected chi connectivity index (χ2v) is 10.5. The maximum atomic E-state index is 13.0. The first kappa shape index (κ1) is 22.3. The van der Waals surface area contributed by atoms with Crippen molar-refractivity contribution in [3.05, 3.63) is 59.4 Å². The van der Waals surface area contributed by atoms with E-state index in [1.54, 1.807) is 18.2 Å². The zero-order valence-corrected chi connectivity index (χ0v) is 18.4. The summed E-state index contributed by atoms with van der Waals surface area (Å²) < 4.78 is 38.2. The van der Waals surface area contributed by atoms with E-state index in [0.717, 1.165) is 25.7 Å². The van der Waals surface area contributed by atoms with E-state index >= 15 is 0 Å². The number of hydrogen-bond acceptors (Lipinski definition) is 5. The van der Waals surface area contributed by atoms with Gasteiger partial charge >= 0.3 is 0 Å². The zero-order chi connectivity index (χ0) is 22.7. The summed E-state index contributed by atoms with van der Waals surface area (Å²) in [4.78, 5) is 25.1. The number of amides is 2. The predicted molar refractivity (Wildman–Crippen MR) is 121 cm³/mol. The lowest BCUT2D eigenvalue weighted by Crippen LogP contribution is -2.44. The number of fused-ring (bicyclic) bond motifs is 1. The topological polar surface area (TPSA) is 104 Å². The molecule has 2 amide bonds. The van der Waals surface area contributed by atoms with Gasteiger partial charge in [-0.2, -0.15) is 0 Å². The van der Waals surface area contributed by atoms with Crippen molar-refractivity contribution < 1.29 is 22.4 Å². The van der Waals surface area contributed by atoms with Gasteiger partial charge in [-0.15, -0.1) is 0 Å². The molecule has 2 aromatic carbocycles. The molecule has 3 N–H and O–H groups in total. The van der Waals surface area contributed by atoms with E-state index in [4.69, 9.17) is 0 Å². The van der Waals surface area contributed by atoms with Crippen LogP contribution in [0, 0.1) is 5.82 Å². The molecule has 1 unspecified atom stereocenters. The largest absolute Gasteiger partial charge is 0.371 e. The average molecular weight is 460 g/mol. The van der Waals surface area contributed by atoms with Crippen molar-refractivity contribution >= 4 is 33.0 Å². The number of carbonyl (C=O) groups excluding carboxylic acids is 2. The van der Waals surface area contributed by atoms with E-state index in [1.165, 1.54) is 30.7 Å². The second-order valence-electron chi connectivity index (χ2n) is 8.44. The third kappa shape index (κ3) is 5.45. The standard InChI is InChI=1S/C23H26FN3O4S/c24-17-9-6-15(7-10-17)13-32(30,31)14-21-23(29)27-20-12-16(8-11-19(20)26-21)22(28)25-18-4-2-1-3-5-18/h6-12,18,21,26H,1-5,13-14H2,(H,25,28)(H,27,29). The molecule has 4 rings (SSSR count). The quantitative estimate of drug-likeness (QED) is 0.615. The molecule has 0 bridgehead atoms. The average Bonchev–Trinajstić information content (AvgIpc) is 2.76. The molecule has 1 aliphatic heterocycles. The zero-order valence-electron chi connectivity index (χ0n) is 17.6. The maximum absolute atomic E-state index is 13.0. The van der Waals surface area contributed by atoms with Crippen LogP contribution < -0.4 is 16.0 Å². The maximum Gasteiger partial charge on any atom is 0.251 e. The summed E-state index contributed by atoms with van der Waals surface area (Å²) in [7, 11) is -3.63. The van der Waals surface area contributed by atoms with Crippen LogP contribution in [0.3, 0.4) is 0 Å². The molecule has 2 aliphatic rings. The highest BCUT2D eigenvalue weighted by atomic mass is 32.2. The Hall–Kier alpha value is -2.94. The van der Waals surface area contributed by atoms with E-state index in [1.807, 2.05) is 0 Å². The van der Waals surface area contributed by atoms with Crippen LogP contribution >= 0.6 is 0 Å². The molecule has 0 saturated heterocycles. The van der Waals surface area contributed by atoms with E-state index in [0.29, 0.717) is 22.5 Å². The highest BCUT2D eigenvalue weighted by Crippen LogP contribution is 2.29. The molecule has 9 heteroatoms. The van der Waals surface area contributed by atoms with Crippen LogP contribution in [0.25, 0.3) is 0 Å². The smallest absolute Gasteiger partial charge is 0.251 e. The van der Waals surface area contributed by atoms with E-state index in [2.05, 4.69) is 16.0 Å². The van der Waals surface area contributed by atoms with E-state index < -0.39 is 33.4 Å². The Morgan fingerprint density at radius 1 is 1.03 bits per heavy atom. The summed E-state index contributed by atoms with van der Waals surface area (Å²) in [6, 6.07) is 9.37. The Kier molecular flexibility index (Phi) is 6.45. The van der Waals surface area contributed by atoms with Crippen LogP contribution in [-0.4, -0.2) is 38.1 Å². The van der Waals surface area contributed by atoms with Gasteiger partial charge in [0, 0.05) is 11.6 Å². The minimum absolute atomic E-state index is 0.177. The number of sulfone groups is 1. The lowest BCUT2D eigenvalue weighted by atomic mass is 9.95. The SMILES string of the molecule is O=C(NC1CCCCC1)c1ccc2c(c1)NC(=O)C(CS(=O)(=O)Cc1ccc(F)cc1)N2. The molecule has 32 heavy (non-hydrogen) atoms. The van der Waals surface area contributed by atoms with Gasteiger partial charge in [0.15, 0.2) is 9.84 Å². The fourth-order valence-electron chi connectivity index (χ4n) is 4.17. The van der Waals surface area contributed by atoms with Crippen molar-refractivity contribution in [3.8, 4) is 0 Å². The van der Waals surface area contributed by atoms with Crippen molar-refractivity contribution in [1.29, 1.82) is 0 Å². The molecule has 0 spiro atoms. The molecule has 7 nitrogen and oxygen atoms in total. The fraction of sp³-hybridized carbons (Fsp3) is 0.391. The molecular formula is C23H26FN3O4S. The predicted octanol–water partition coefficient (Wildman–Crippen LogP) is 3.24. The van der Waals surface area contributed by atoms with E-state index in [9.17, 15) is 22.4 Å². The summed E-state index contributed by atoms with van der Waals surface area (Å²) in [5.41, 5.74) is 1.90. The molecule has 1 aliphatic carbocycles. The second kappa shape index (κ2) is 9.28. The fourth-order valence-corrected chi connectivity index (χ4v) is 5.73. The van der Waals surface area contributed by atoms with Crippen LogP contribution in [0.5, 0.6) is 0 Å². The highest BCUT2D eigenvalue weighted by molar-refractivity contribution is 7.90. The molecule has 1 atom stereocenters. The van der Waals surface area contributed by atoms with Crippen LogP contribution in [0.4, 0.5) is 15.8 Å². The lowest BCUT2D eigenvalue weighted by molar-refractivity contribution is -0.116. The molecule has 170 valence electrons. The van der Waals surface area contributed by atoms with E-state index in [-0.39, 0.29) is 17.7 Å². The number of nitrogens with one attached hydrogen (secondary N) is 3. The number of benzene rings is 2. The first-order chi connectivity index (χ1) is 15.3. The van der Waals surface area contributed by atoms with Crippen molar-refractivity contribution in [2.75, 3.05) is 16.4 Å². The van der Waals surface area contributed by atoms with Crippen molar-refractivity contribution in [3.63, 3.8) is 0 Å². The molecular weight excluding hydrogens is 433 g/mol. The molecule has 1 saturated carbocycles. The van der Waals surface area contributed by atoms with Gasteiger partial charge < -0.3 is 16.0 Å². The Bertz CT molecular complexity index is 1110. The van der Waals surface area contributed by atoms with Crippen LogP contribution in [0.1, 0.15) is 48.0 Å². The van der Waals surface area contributed by atoms with Crippen molar-refractivity contribution in [1.82, 2.24) is 5.32 Å². The van der Waals surface area contributed by atoms with Crippen LogP contribution in [0.15, 0.2) is 42.5 Å². The van der Waals surface area contributed by atoms with Gasteiger partial charge in [-0.25, -0.2) is 12.8 Å². The van der Waals surface area contributed by atoms with Gasteiger partial charge in [-0.3, -0.25) is 9.59 Å². The van der Waals surface area contributed by atoms with Gasteiger partial charge in [-0.05, 0) is 48.7 Å². The van der Waals surface area contributed by atoms with Crippen LogP contribution in [-0.2, 0) is 20.4 Å². The summed E-state index contributed by atoms with van der Waals surface area (Å²) in [6.07, 6.45) is 5.37. The number of halogens is 1. The third-order valence-electron chi connectivity index (χ3n) is 5.85. The lowest BCUT2D eigenvalue weighted by Gasteiger charge is -2.27. The highest BCUT2D eigenvalue weighted by Gasteiger charge is 2.31. The number of anilines is 2. The Morgan fingerprint density at radius 3 is 2.47 bits per heavy atom. The van der Waals surface area contributed by atoms with Gasteiger partial charge in [-0.1, -0.05) is 31.4 Å². The Labute approximate surface area is 186 Å². The Morgan fingerprint density at radius 2 is 1.75 bits per heavy atom. The number of rotatable bonds is 6. The molecule has 0 aromatic heterocycles. The van der Waals surface area contributed by atoms with Gasteiger partial charge in [0.25, 0.3) is 5.91 Å². The Balaban J connectivity index is 1.41. The minimum Gasteiger partial charge on any atom is -0.371 e. The van der Waals surface area contributed by atoms with Gasteiger partial charge in [0.05, 0.1) is 22.9 Å². The summed E-state index contributed by atoms with van der Waals surface area (Å²) in [6.45, 7) is 0. The normalized spacial score (nSPS) is 18.9. The van der Waals surface area contributed by atoms with Gasteiger partial charge in [0.2, 0.25) is 5.91 Å². The molecule has 0 radical (unpaired) electrons. The summed E-state index contributed by atoms with van der Waals surface area (Å²) in [5.74, 6) is -1.79. The first-order valence-electron chi connectivity index (χ1n) is 10.8. The molecule has 1 fully saturated rings. The molecule has 2 aromatic rings. The number of hydrogen-bond donors (Lipinski definition) is 3. The monoisotopic (exact) mass is 459 g/mol. The summed E-state index contributed by atoms with van der Waals surface area (Å²) in [5, 5.41) is 8.71. The number of carbonyl (C=O) groups is 2. The van der Waals surface area contributed by atoms with Crippen LogP contribution in [0.2, 0.25) is 0 Å². The van der Waals surface area contributed by atoms with Crippen molar-refractivity contribution in [2.24, 2.45) is 0 Å². The minimum atomic E-state index is -3.63. The van der Waals surface area contributed by atoms with Gasteiger partial charge in [0.1, 0.15) is 11.9 Å². The third-order valence-corrected chi connectivity index (χ3v) is 7.46. The summed E-state index contributed by atoms with van der Waals surface area (Å²) >= 11 is 0. The molecule has 1 heterocycles. The first-order valence-corrected chi connectivity index (χ1v) is 12.6.